The number of nitrogens with zero attached hydrogens (tertiary/aromatic N) is 3. The number of anilines is 1. The molecule has 0 spiro atoms. The molecule has 0 atom stereocenters. The third kappa shape index (κ3) is 4.98. The van der Waals surface area contributed by atoms with Gasteiger partial charge in [0.2, 0.25) is 0 Å². The fraction of sp³-hybridized carbons (Fsp3) is 0.0385. The van der Waals surface area contributed by atoms with E-state index in [1.54, 1.807) is 10.9 Å². The zero-order valence-corrected chi connectivity index (χ0v) is 19.3. The number of benzene rings is 3. The Hall–Kier alpha value is -4.44. The van der Waals surface area contributed by atoms with Gasteiger partial charge in [0.05, 0.1) is 23.2 Å². The Morgan fingerprint density at radius 2 is 1.69 bits per heavy atom. The van der Waals surface area contributed by atoms with Gasteiger partial charge < -0.3 is 9.73 Å². The summed E-state index contributed by atoms with van der Waals surface area (Å²) in [6, 6.07) is 24.1. The summed E-state index contributed by atoms with van der Waals surface area (Å²) in [5.41, 5.74) is 4.29. The standard InChI is InChI=1S/C26H18F3N5OS/c27-26(28,29)20-11-5-6-12-21(20)31-25(36)32-30-15-18-16-34(19-9-2-1-3-10-19)33-24(18)23-14-17-8-4-7-13-22(17)35-23/h1-16H,(H2,31,32,36)/b30-15-. The minimum atomic E-state index is -4.52. The minimum absolute atomic E-state index is 0.0938. The molecular weight excluding hydrogens is 487 g/mol. The summed E-state index contributed by atoms with van der Waals surface area (Å²) in [7, 11) is 0. The van der Waals surface area contributed by atoms with E-state index in [1.165, 1.54) is 24.4 Å². The number of furan rings is 1. The van der Waals surface area contributed by atoms with Crippen LogP contribution in [-0.2, 0) is 6.18 Å². The average Bonchev–Trinajstić information content (AvgIpc) is 3.48. The first-order chi connectivity index (χ1) is 17.4. The number of halogens is 3. The number of hydrogen-bond acceptors (Lipinski definition) is 4. The van der Waals surface area contributed by atoms with Crippen molar-refractivity contribution in [1.29, 1.82) is 0 Å². The van der Waals surface area contributed by atoms with E-state index >= 15 is 0 Å². The Balaban J connectivity index is 1.41. The van der Waals surface area contributed by atoms with Gasteiger partial charge in [0.1, 0.15) is 11.3 Å². The molecule has 6 nitrogen and oxygen atoms in total. The molecule has 0 aliphatic heterocycles. The molecule has 180 valence electrons. The molecule has 2 N–H and O–H groups in total. The van der Waals surface area contributed by atoms with E-state index in [1.807, 2.05) is 60.7 Å². The molecule has 0 bridgehead atoms. The molecule has 0 saturated heterocycles. The number of aromatic nitrogens is 2. The number of rotatable bonds is 5. The van der Waals surface area contributed by atoms with Crippen LogP contribution in [0.5, 0.6) is 0 Å². The van der Waals surface area contributed by atoms with E-state index in [4.69, 9.17) is 16.6 Å². The van der Waals surface area contributed by atoms with Crippen LogP contribution in [0.15, 0.2) is 101 Å². The van der Waals surface area contributed by atoms with Crippen molar-refractivity contribution in [1.82, 2.24) is 15.2 Å². The fourth-order valence-electron chi connectivity index (χ4n) is 3.63. The molecule has 0 radical (unpaired) electrons. The first-order valence-corrected chi connectivity index (χ1v) is 11.2. The van der Waals surface area contributed by atoms with Gasteiger partial charge in [0, 0.05) is 17.1 Å². The summed E-state index contributed by atoms with van der Waals surface area (Å²) < 4.78 is 47.4. The van der Waals surface area contributed by atoms with Gasteiger partial charge >= 0.3 is 6.18 Å². The Labute approximate surface area is 209 Å². The summed E-state index contributed by atoms with van der Waals surface area (Å²) >= 11 is 5.14. The predicted octanol–water partition coefficient (Wildman–Crippen LogP) is 6.62. The highest BCUT2D eigenvalue weighted by atomic mass is 32.1. The van der Waals surface area contributed by atoms with Gasteiger partial charge in [0.25, 0.3) is 0 Å². The lowest BCUT2D eigenvalue weighted by molar-refractivity contribution is -0.136. The molecule has 0 unspecified atom stereocenters. The van der Waals surface area contributed by atoms with Crippen LogP contribution in [0.1, 0.15) is 11.1 Å². The van der Waals surface area contributed by atoms with Gasteiger partial charge in [-0.25, -0.2) is 4.68 Å². The molecule has 5 rings (SSSR count). The molecule has 0 fully saturated rings. The summed E-state index contributed by atoms with van der Waals surface area (Å²) in [4.78, 5) is 0. The van der Waals surface area contributed by atoms with Gasteiger partial charge in [-0.05, 0) is 48.6 Å². The second-order valence-electron chi connectivity index (χ2n) is 7.73. The van der Waals surface area contributed by atoms with Crippen molar-refractivity contribution in [2.75, 3.05) is 5.32 Å². The molecule has 36 heavy (non-hydrogen) atoms. The molecule has 2 aromatic heterocycles. The summed E-state index contributed by atoms with van der Waals surface area (Å²) in [5.74, 6) is 0.548. The number of thiocarbonyl (C=S) groups is 1. The number of hydrazone groups is 1. The zero-order valence-electron chi connectivity index (χ0n) is 18.5. The predicted molar refractivity (Wildman–Crippen MR) is 137 cm³/mol. The topological polar surface area (TPSA) is 67.4 Å². The van der Waals surface area contributed by atoms with Gasteiger partial charge in [-0.3, -0.25) is 5.43 Å². The number of alkyl halides is 3. The van der Waals surface area contributed by atoms with Crippen molar-refractivity contribution in [3.63, 3.8) is 0 Å². The lowest BCUT2D eigenvalue weighted by atomic mass is 10.2. The minimum Gasteiger partial charge on any atom is -0.454 e. The number of para-hydroxylation sites is 3. The third-order valence-electron chi connectivity index (χ3n) is 5.27. The number of fused-ring (bicyclic) bond motifs is 1. The van der Waals surface area contributed by atoms with E-state index in [0.717, 1.165) is 22.7 Å². The quantitative estimate of drug-likeness (QED) is 0.160. The van der Waals surface area contributed by atoms with Crippen LogP contribution in [-0.4, -0.2) is 21.1 Å². The van der Waals surface area contributed by atoms with Crippen LogP contribution < -0.4 is 10.7 Å². The van der Waals surface area contributed by atoms with Crippen molar-refractivity contribution < 1.29 is 17.6 Å². The summed E-state index contributed by atoms with van der Waals surface area (Å²) in [6.07, 6.45) is -1.26. The van der Waals surface area contributed by atoms with Crippen LogP contribution in [0, 0.1) is 0 Å². The third-order valence-corrected chi connectivity index (χ3v) is 5.47. The highest BCUT2D eigenvalue weighted by Crippen LogP contribution is 2.34. The monoisotopic (exact) mass is 505 g/mol. The Bertz CT molecular complexity index is 1520. The average molecular weight is 506 g/mol. The zero-order chi connectivity index (χ0) is 25.1. The van der Waals surface area contributed by atoms with E-state index in [0.29, 0.717) is 17.0 Å². The Morgan fingerprint density at radius 3 is 2.47 bits per heavy atom. The van der Waals surface area contributed by atoms with Gasteiger partial charge in [-0.15, -0.1) is 0 Å². The molecule has 0 amide bonds. The van der Waals surface area contributed by atoms with Crippen LogP contribution >= 0.6 is 12.2 Å². The van der Waals surface area contributed by atoms with Crippen LogP contribution in [0.2, 0.25) is 0 Å². The smallest absolute Gasteiger partial charge is 0.418 e. The number of nitrogens with one attached hydrogen (secondary N) is 2. The maximum absolute atomic E-state index is 13.2. The van der Waals surface area contributed by atoms with E-state index in [2.05, 4.69) is 20.9 Å². The SMILES string of the molecule is FC(F)(F)c1ccccc1NC(=S)N/N=C\c1cn(-c2ccccc2)nc1-c1cc2ccccc2o1. The lowest BCUT2D eigenvalue weighted by Gasteiger charge is -2.14. The van der Waals surface area contributed by atoms with Gasteiger partial charge in [0.15, 0.2) is 10.9 Å². The van der Waals surface area contributed by atoms with E-state index in [-0.39, 0.29) is 10.8 Å². The molecular formula is C26H18F3N5OS. The van der Waals surface area contributed by atoms with Crippen LogP contribution in [0.4, 0.5) is 18.9 Å². The molecule has 0 aliphatic carbocycles. The first kappa shape index (κ1) is 23.3. The highest BCUT2D eigenvalue weighted by Gasteiger charge is 2.33. The molecule has 2 heterocycles. The van der Waals surface area contributed by atoms with Gasteiger partial charge in [-0.1, -0.05) is 48.5 Å². The van der Waals surface area contributed by atoms with Crippen molar-refractivity contribution in [3.05, 3.63) is 102 Å². The Kier molecular flexibility index (Phi) is 6.26. The second-order valence-corrected chi connectivity index (χ2v) is 8.14. The Morgan fingerprint density at radius 1 is 0.972 bits per heavy atom. The largest absolute Gasteiger partial charge is 0.454 e. The molecule has 0 saturated carbocycles. The summed E-state index contributed by atoms with van der Waals surface area (Å²) in [5, 5.41) is 12.2. The normalized spacial score (nSPS) is 11.8. The maximum atomic E-state index is 13.2. The van der Waals surface area contributed by atoms with Crippen molar-refractivity contribution >= 4 is 40.2 Å². The number of hydrogen-bond donors (Lipinski definition) is 2. The van der Waals surface area contributed by atoms with Crippen LogP contribution in [0.25, 0.3) is 28.1 Å². The molecule has 5 aromatic rings. The van der Waals surface area contributed by atoms with Crippen molar-refractivity contribution in [2.45, 2.75) is 6.18 Å². The first-order valence-electron chi connectivity index (χ1n) is 10.8. The van der Waals surface area contributed by atoms with Gasteiger partial charge in [-0.2, -0.15) is 23.4 Å². The van der Waals surface area contributed by atoms with Crippen molar-refractivity contribution in [3.8, 4) is 17.1 Å². The van der Waals surface area contributed by atoms with E-state index < -0.39 is 11.7 Å². The maximum Gasteiger partial charge on any atom is 0.418 e. The molecule has 10 heteroatoms. The fourth-order valence-corrected chi connectivity index (χ4v) is 3.80. The van der Waals surface area contributed by atoms with Crippen molar-refractivity contribution in [2.24, 2.45) is 5.10 Å². The molecule has 0 aliphatic rings. The van der Waals surface area contributed by atoms with E-state index in [9.17, 15) is 13.2 Å². The summed E-state index contributed by atoms with van der Waals surface area (Å²) in [6.45, 7) is 0. The molecule has 3 aromatic carbocycles. The highest BCUT2D eigenvalue weighted by molar-refractivity contribution is 7.80. The van der Waals surface area contributed by atoms with Crippen LogP contribution in [0.3, 0.4) is 0 Å². The second kappa shape index (κ2) is 9.67. The lowest BCUT2D eigenvalue weighted by Crippen LogP contribution is -2.25.